The molecule has 0 radical (unpaired) electrons. The average Bonchev–Trinajstić information content (AvgIpc) is 3.26. The normalized spacial score (nSPS) is 46.0. The quantitative estimate of drug-likeness (QED) is 0.279. The van der Waals surface area contributed by atoms with E-state index in [0.29, 0.717) is 30.0 Å². The molecular weight excluding hydrogens is 504 g/mol. The largest absolute Gasteiger partial charge is 0.456 e. The van der Waals surface area contributed by atoms with Gasteiger partial charge in [-0.25, -0.2) is 0 Å². The van der Waals surface area contributed by atoms with Crippen LogP contribution in [0.5, 0.6) is 0 Å². The van der Waals surface area contributed by atoms with Gasteiger partial charge in [-0.1, -0.05) is 53.2 Å². The van der Waals surface area contributed by atoms with E-state index in [-0.39, 0.29) is 39.7 Å². The molecule has 0 bridgehead atoms. The van der Waals surface area contributed by atoms with Gasteiger partial charge >= 0.3 is 11.9 Å². The molecule has 6 nitrogen and oxygen atoms in total. The molecule has 1 heterocycles. The van der Waals surface area contributed by atoms with E-state index in [2.05, 4.69) is 47.6 Å². The van der Waals surface area contributed by atoms with Gasteiger partial charge in [0.2, 0.25) is 0 Å². The second-order valence-electron chi connectivity index (χ2n) is 15.7. The Hall–Kier alpha value is -1.69. The summed E-state index contributed by atoms with van der Waals surface area (Å²) in [6, 6.07) is 0. The van der Waals surface area contributed by atoms with Crippen LogP contribution in [0, 0.1) is 45.3 Å². The Morgan fingerprint density at radius 1 is 0.950 bits per heavy atom. The highest BCUT2D eigenvalue weighted by Gasteiger charge is 2.67. The number of esters is 2. The molecule has 3 saturated carbocycles. The Kier molecular flexibility index (Phi) is 7.01. The van der Waals surface area contributed by atoms with Crippen molar-refractivity contribution in [2.75, 3.05) is 0 Å². The van der Waals surface area contributed by atoms with E-state index in [1.807, 2.05) is 13.8 Å². The second-order valence-corrected chi connectivity index (χ2v) is 15.7. The monoisotopic (exact) mass is 556 g/mol. The summed E-state index contributed by atoms with van der Waals surface area (Å²) in [4.78, 5) is 37.1. The number of allylic oxidation sites excluding steroid dienone is 2. The van der Waals surface area contributed by atoms with Crippen molar-refractivity contribution in [1.82, 2.24) is 0 Å². The van der Waals surface area contributed by atoms with Crippen LogP contribution in [0.1, 0.15) is 114 Å². The first-order valence-electron chi connectivity index (χ1n) is 15.7. The van der Waals surface area contributed by atoms with E-state index >= 15 is 0 Å². The minimum Gasteiger partial charge on any atom is -0.456 e. The molecular formula is C34H52O6. The summed E-state index contributed by atoms with van der Waals surface area (Å²) < 4.78 is 18.2. The van der Waals surface area contributed by atoms with Crippen LogP contribution in [0.25, 0.3) is 0 Å². The Labute approximate surface area is 241 Å². The summed E-state index contributed by atoms with van der Waals surface area (Å²) in [7, 11) is 0. The lowest BCUT2D eigenvalue weighted by Gasteiger charge is -2.63. The van der Waals surface area contributed by atoms with Crippen molar-refractivity contribution >= 4 is 17.7 Å². The van der Waals surface area contributed by atoms with Crippen LogP contribution in [0.2, 0.25) is 0 Å². The molecule has 5 aliphatic rings. The SMILES string of the molecule is CC(=O)OC1C(C(C)[C@@H]2CC[C@]3(C)C4=CC[C@H]5C(C)(C)C(=O)CC[C@]5(C)[C@H]4CC[C@@]23C)OC(C)(C)C1OC(C)=O. The standard InChI is InChI=1S/C34H52O6/c1-19(27-28(38-20(2)35)29(39-21(3)36)31(6,7)40-27)22-13-17-34(10)24-11-12-25-30(4,5)26(37)15-16-32(25,8)23(24)14-18-33(22,34)9/h11,19,22-23,25,27-29H,12-18H2,1-10H3/t19?,22-,23-,25-,27?,28?,29?,32+,33-,34+/m0/s1. The molecule has 4 fully saturated rings. The van der Waals surface area contributed by atoms with Crippen molar-refractivity contribution in [3.8, 4) is 0 Å². The van der Waals surface area contributed by atoms with Crippen LogP contribution >= 0.6 is 0 Å². The summed E-state index contributed by atoms with van der Waals surface area (Å²) in [5, 5.41) is 0. The fourth-order valence-corrected chi connectivity index (χ4v) is 10.8. The van der Waals surface area contributed by atoms with Gasteiger partial charge in [-0.05, 0) is 92.3 Å². The van der Waals surface area contributed by atoms with Gasteiger partial charge in [0.1, 0.15) is 17.5 Å². The number of carbonyl (C=O) groups is 3. The fourth-order valence-electron chi connectivity index (χ4n) is 10.8. The molecule has 40 heavy (non-hydrogen) atoms. The average molecular weight is 557 g/mol. The zero-order valence-electron chi connectivity index (χ0n) is 26.5. The highest BCUT2D eigenvalue weighted by Crippen LogP contribution is 2.73. The molecule has 4 unspecified atom stereocenters. The van der Waals surface area contributed by atoms with Crippen molar-refractivity contribution in [1.29, 1.82) is 0 Å². The second kappa shape index (κ2) is 9.41. The van der Waals surface area contributed by atoms with E-state index in [1.54, 1.807) is 5.57 Å². The lowest BCUT2D eigenvalue weighted by molar-refractivity contribution is -0.167. The maximum Gasteiger partial charge on any atom is 0.303 e. The van der Waals surface area contributed by atoms with Crippen molar-refractivity contribution in [3.63, 3.8) is 0 Å². The number of carbonyl (C=O) groups excluding carboxylic acids is 3. The van der Waals surface area contributed by atoms with Gasteiger partial charge in [0.15, 0.2) is 12.2 Å². The maximum absolute atomic E-state index is 12.9. The molecule has 1 aliphatic heterocycles. The third-order valence-electron chi connectivity index (χ3n) is 13.1. The molecule has 6 heteroatoms. The van der Waals surface area contributed by atoms with Gasteiger partial charge in [-0.15, -0.1) is 0 Å². The predicted molar refractivity (Wildman–Crippen MR) is 153 cm³/mol. The van der Waals surface area contributed by atoms with Gasteiger partial charge in [0.05, 0.1) is 0 Å². The van der Waals surface area contributed by atoms with E-state index < -0.39 is 23.8 Å². The summed E-state index contributed by atoms with van der Waals surface area (Å²) >= 11 is 0. The molecule has 10 atom stereocenters. The molecule has 1 saturated heterocycles. The molecule has 0 spiro atoms. The first kappa shape index (κ1) is 29.8. The number of fused-ring (bicyclic) bond motifs is 5. The first-order chi connectivity index (χ1) is 18.4. The van der Waals surface area contributed by atoms with Crippen LogP contribution in [0.3, 0.4) is 0 Å². The van der Waals surface area contributed by atoms with Gasteiger partial charge in [-0.3, -0.25) is 14.4 Å². The fraction of sp³-hybridized carbons (Fsp3) is 0.853. The van der Waals surface area contributed by atoms with Gasteiger partial charge in [0.25, 0.3) is 0 Å². The van der Waals surface area contributed by atoms with Gasteiger partial charge in [0, 0.05) is 25.7 Å². The molecule has 0 amide bonds. The van der Waals surface area contributed by atoms with Crippen molar-refractivity contribution in [3.05, 3.63) is 11.6 Å². The molecule has 5 rings (SSSR count). The number of hydrogen-bond donors (Lipinski definition) is 0. The highest BCUT2D eigenvalue weighted by atomic mass is 16.6. The summed E-state index contributed by atoms with van der Waals surface area (Å²) in [5.74, 6) is 1.07. The third-order valence-corrected chi connectivity index (χ3v) is 13.1. The van der Waals surface area contributed by atoms with E-state index in [1.165, 1.54) is 13.8 Å². The van der Waals surface area contributed by atoms with E-state index in [0.717, 1.165) is 38.5 Å². The number of hydrogen-bond acceptors (Lipinski definition) is 6. The first-order valence-corrected chi connectivity index (χ1v) is 15.7. The van der Waals surface area contributed by atoms with Crippen molar-refractivity contribution in [2.45, 2.75) is 138 Å². The Morgan fingerprint density at radius 2 is 1.60 bits per heavy atom. The zero-order valence-corrected chi connectivity index (χ0v) is 26.5. The Morgan fingerprint density at radius 3 is 2.23 bits per heavy atom. The summed E-state index contributed by atoms with van der Waals surface area (Å²) in [6.45, 7) is 20.8. The van der Waals surface area contributed by atoms with Crippen LogP contribution in [-0.2, 0) is 28.6 Å². The minimum absolute atomic E-state index is 0.0751. The number of ketones is 1. The lowest BCUT2D eigenvalue weighted by atomic mass is 9.41. The van der Waals surface area contributed by atoms with Crippen LogP contribution < -0.4 is 0 Å². The number of Topliss-reactive ketones (excluding diaryl/α,β-unsaturated/α-hetero) is 1. The molecule has 0 aromatic rings. The molecule has 4 aliphatic carbocycles. The number of rotatable bonds is 4. The van der Waals surface area contributed by atoms with Crippen molar-refractivity contribution in [2.24, 2.45) is 45.3 Å². The smallest absolute Gasteiger partial charge is 0.303 e. The molecule has 0 N–H and O–H groups in total. The lowest BCUT2D eigenvalue weighted by Crippen LogP contribution is -2.57. The molecule has 0 aromatic carbocycles. The Balaban J connectivity index is 1.46. The minimum atomic E-state index is -0.758. The maximum atomic E-state index is 12.9. The topological polar surface area (TPSA) is 78.9 Å². The van der Waals surface area contributed by atoms with Crippen molar-refractivity contribution < 1.29 is 28.6 Å². The molecule has 0 aromatic heterocycles. The van der Waals surface area contributed by atoms with Crippen LogP contribution in [0.15, 0.2) is 11.6 Å². The third kappa shape index (κ3) is 4.08. The molecule has 224 valence electrons. The van der Waals surface area contributed by atoms with Crippen LogP contribution in [0.4, 0.5) is 0 Å². The Bertz CT molecular complexity index is 1120. The highest BCUT2D eigenvalue weighted by molar-refractivity contribution is 5.85. The van der Waals surface area contributed by atoms with Gasteiger partial charge in [-0.2, -0.15) is 0 Å². The van der Waals surface area contributed by atoms with E-state index in [4.69, 9.17) is 14.2 Å². The summed E-state index contributed by atoms with van der Waals surface area (Å²) in [6.07, 6.45) is 8.13. The predicted octanol–water partition coefficient (Wildman–Crippen LogP) is 6.84. The summed E-state index contributed by atoms with van der Waals surface area (Å²) in [5.41, 5.74) is 0.931. The van der Waals surface area contributed by atoms with Gasteiger partial charge < -0.3 is 14.2 Å². The number of ether oxygens (including phenoxy) is 3. The zero-order chi connectivity index (χ0) is 29.6. The van der Waals surface area contributed by atoms with Crippen LogP contribution in [-0.4, -0.2) is 41.6 Å². The van der Waals surface area contributed by atoms with E-state index in [9.17, 15) is 14.4 Å².